The summed E-state index contributed by atoms with van der Waals surface area (Å²) in [5.41, 5.74) is -1.08. The minimum Gasteiger partial charge on any atom is -0.480 e. The Morgan fingerprint density at radius 3 is 1.77 bits per heavy atom. The van der Waals surface area contributed by atoms with Gasteiger partial charge in [0.25, 0.3) is 5.56 Å². The van der Waals surface area contributed by atoms with Gasteiger partial charge in [-0.3, -0.25) is 33.5 Å². The van der Waals surface area contributed by atoms with Crippen molar-refractivity contribution >= 4 is 29.7 Å². The number of amides is 3. The summed E-state index contributed by atoms with van der Waals surface area (Å²) < 4.78 is 27.0. The maximum absolute atomic E-state index is 14.9. The lowest BCUT2D eigenvalue weighted by molar-refractivity contribution is -0.150. The van der Waals surface area contributed by atoms with Crippen molar-refractivity contribution in [2.75, 3.05) is 13.2 Å². The summed E-state index contributed by atoms with van der Waals surface area (Å²) in [6.07, 6.45) is 24.9. The van der Waals surface area contributed by atoms with E-state index in [9.17, 15) is 43.1 Å². The average Bonchev–Trinajstić information content (AvgIpc) is 3.66. The van der Waals surface area contributed by atoms with Gasteiger partial charge in [0.15, 0.2) is 0 Å². The lowest BCUT2D eigenvalue weighted by Crippen LogP contribution is -2.51. The maximum atomic E-state index is 14.9. The van der Waals surface area contributed by atoms with Gasteiger partial charge >= 0.3 is 17.6 Å². The number of carbonyl (C=O) groups excluding carboxylic acids is 4. The molecule has 1 aromatic heterocycles. The Labute approximate surface area is 393 Å². The minimum absolute atomic E-state index is 0.0184. The Morgan fingerprint density at radius 2 is 1.23 bits per heavy atom. The Bertz CT molecular complexity index is 1650. The predicted molar refractivity (Wildman–Crippen MR) is 255 cm³/mol. The largest absolute Gasteiger partial charge is 0.480 e. The second kappa shape index (κ2) is 36.0. The van der Waals surface area contributed by atoms with Crippen molar-refractivity contribution in [1.29, 1.82) is 0 Å². The number of hydrogen-bond donors (Lipinski definition) is 5. The first-order valence-corrected chi connectivity index (χ1v) is 25.7. The van der Waals surface area contributed by atoms with Crippen molar-refractivity contribution in [3.8, 4) is 0 Å². The van der Waals surface area contributed by atoms with Gasteiger partial charge in [0.2, 0.25) is 17.7 Å². The monoisotopic (exact) mass is 936 g/mol. The van der Waals surface area contributed by atoms with Crippen LogP contribution in [0, 0.1) is 6.92 Å². The van der Waals surface area contributed by atoms with Gasteiger partial charge < -0.3 is 30.5 Å². The molecule has 15 nitrogen and oxygen atoms in total. The number of carbonyl (C=O) groups is 5. The number of nitrogens with one attached hydrogen (secondary N) is 4. The molecule has 1 aliphatic heterocycles. The first-order valence-electron chi connectivity index (χ1n) is 25.7. The molecular weight excluding hydrogens is 850 g/mol. The Morgan fingerprint density at radius 1 is 0.712 bits per heavy atom. The topological polar surface area (TPSA) is 215 Å². The minimum atomic E-state index is -1.58. The molecule has 2 rings (SSSR count). The second-order valence-electron chi connectivity index (χ2n) is 18.4. The zero-order chi connectivity index (χ0) is 48.4. The molecule has 66 heavy (non-hydrogen) atoms. The molecule has 0 spiro atoms. The molecule has 1 aliphatic rings. The van der Waals surface area contributed by atoms with Crippen LogP contribution in [0.2, 0.25) is 0 Å². The highest BCUT2D eigenvalue weighted by Crippen LogP contribution is 2.30. The van der Waals surface area contributed by atoms with Crippen molar-refractivity contribution < 1.29 is 42.9 Å². The normalized spacial score (nSPS) is 16.7. The van der Waals surface area contributed by atoms with Crippen molar-refractivity contribution in [3.05, 3.63) is 32.6 Å². The molecular formula is C50H86FN5O10. The lowest BCUT2D eigenvalue weighted by Gasteiger charge is -2.22. The number of aliphatic carboxylic acids is 1. The average molecular weight is 936 g/mol. The number of unbranched alkanes of at least 4 members (excludes halogenated alkanes) is 22. The molecule has 0 radical (unpaired) electrons. The van der Waals surface area contributed by atoms with Gasteiger partial charge in [0.1, 0.15) is 37.2 Å². The summed E-state index contributed by atoms with van der Waals surface area (Å²) in [4.78, 5) is 90.2. The molecule has 5 atom stereocenters. The number of aromatic nitrogens is 2. The highest BCUT2D eigenvalue weighted by molar-refractivity contribution is 5.90. The number of carboxylic acids is 1. The van der Waals surface area contributed by atoms with Gasteiger partial charge in [0.05, 0.1) is 0 Å². The number of hydrogen-bond acceptors (Lipinski definition) is 9. The molecule has 0 unspecified atom stereocenters. The van der Waals surface area contributed by atoms with Crippen molar-refractivity contribution in [2.24, 2.45) is 0 Å². The van der Waals surface area contributed by atoms with Gasteiger partial charge in [-0.25, -0.2) is 14.0 Å². The second-order valence-corrected chi connectivity index (χ2v) is 18.4. The fourth-order valence-electron chi connectivity index (χ4n) is 8.25. The molecule has 2 heterocycles. The first-order chi connectivity index (χ1) is 31.9. The summed E-state index contributed by atoms with van der Waals surface area (Å²) in [5.74, 6) is -3.14. The van der Waals surface area contributed by atoms with E-state index in [-0.39, 0.29) is 43.6 Å². The Hall–Kier alpha value is -4.08. The van der Waals surface area contributed by atoms with Crippen LogP contribution in [-0.2, 0) is 33.4 Å². The highest BCUT2D eigenvalue weighted by Gasteiger charge is 2.38. The summed E-state index contributed by atoms with van der Waals surface area (Å²) in [6.45, 7) is 5.94. The third kappa shape index (κ3) is 26.3. The zero-order valence-electron chi connectivity index (χ0n) is 40.7. The van der Waals surface area contributed by atoms with Crippen LogP contribution in [0.3, 0.4) is 0 Å². The molecule has 1 saturated heterocycles. The maximum Gasteiger partial charge on any atom is 0.330 e. The van der Waals surface area contributed by atoms with Crippen LogP contribution in [0.1, 0.15) is 225 Å². The number of halogens is 1. The number of aromatic amines is 1. The van der Waals surface area contributed by atoms with E-state index in [0.29, 0.717) is 38.6 Å². The van der Waals surface area contributed by atoms with Crippen LogP contribution in [0.5, 0.6) is 0 Å². The molecule has 1 aromatic rings. The van der Waals surface area contributed by atoms with E-state index in [0.717, 1.165) is 49.5 Å². The summed E-state index contributed by atoms with van der Waals surface area (Å²) >= 11 is 0. The summed E-state index contributed by atoms with van der Waals surface area (Å²) in [5, 5.41) is 18.1. The van der Waals surface area contributed by atoms with Crippen LogP contribution in [-0.4, -0.2) is 81.8 Å². The number of rotatable bonds is 40. The number of aryl methyl sites for hydroxylation is 1. The number of esters is 1. The van der Waals surface area contributed by atoms with Crippen LogP contribution >= 0.6 is 0 Å². The Balaban J connectivity index is 1.81. The molecule has 3 amide bonds. The van der Waals surface area contributed by atoms with E-state index in [1.807, 2.05) is 0 Å². The highest BCUT2D eigenvalue weighted by atomic mass is 19.1. The van der Waals surface area contributed by atoms with Gasteiger partial charge in [-0.15, -0.1) is 0 Å². The molecule has 0 aliphatic carbocycles. The van der Waals surface area contributed by atoms with Gasteiger partial charge in [-0.1, -0.05) is 155 Å². The van der Waals surface area contributed by atoms with E-state index < -0.39 is 72.2 Å². The summed E-state index contributed by atoms with van der Waals surface area (Å²) in [7, 11) is 0. The van der Waals surface area contributed by atoms with Crippen molar-refractivity contribution in [3.63, 3.8) is 0 Å². The third-order valence-electron chi connectivity index (χ3n) is 12.4. The van der Waals surface area contributed by atoms with E-state index in [4.69, 9.17) is 9.47 Å². The number of nitrogens with zero attached hydrogens (tertiary/aromatic N) is 1. The number of ether oxygens (including phenoxy) is 2. The van der Waals surface area contributed by atoms with Crippen LogP contribution in [0.25, 0.3) is 0 Å². The molecule has 16 heteroatoms. The SMILES string of the molecule is CCCCCCCCCCCCCC(=O)NCCCCC[C@H](NC(=O)[C@H](CCC(=O)OC[C@H]1O[C@@H](n2cc(C)c(=O)[nH]c2=O)C[C@@H]1F)NC(=O)CCCCCCCCCCCCC)C(=O)O. The Kier molecular flexibility index (Phi) is 31.7. The number of carboxylic acid groups (broad SMARTS) is 1. The van der Waals surface area contributed by atoms with Gasteiger partial charge in [-0.2, -0.15) is 0 Å². The molecule has 0 saturated carbocycles. The third-order valence-corrected chi connectivity index (χ3v) is 12.4. The molecule has 0 bridgehead atoms. The molecule has 1 fully saturated rings. The predicted octanol–water partition coefficient (Wildman–Crippen LogP) is 8.93. The quantitative estimate of drug-likeness (QED) is 0.0311. The summed E-state index contributed by atoms with van der Waals surface area (Å²) in [6, 6.07) is -2.47. The molecule has 378 valence electrons. The lowest BCUT2D eigenvalue weighted by atomic mass is 10.0. The van der Waals surface area contributed by atoms with Crippen molar-refractivity contribution in [2.45, 2.75) is 250 Å². The fourth-order valence-corrected chi connectivity index (χ4v) is 8.25. The standard InChI is InChI=1S/C50H86FN5O10/c1-4-6-8-10-12-14-16-18-20-22-26-30-43(57)52-34-28-24-25-29-41(49(62)63)54-48(61)40(53-44(58)31-27-23-21-19-17-15-13-11-9-7-5-2)32-33-46(59)65-37-42-39(51)35-45(66-42)56-36-38(3)47(60)55-50(56)64/h36,39-42,45H,4-35,37H2,1-3H3,(H,52,57)(H,53,58)(H,54,61)(H,62,63)(H,55,60,64)/t39-,40-,41-,42+,45+/m0/s1. The van der Waals surface area contributed by atoms with E-state index >= 15 is 0 Å². The van der Waals surface area contributed by atoms with Crippen LogP contribution in [0.15, 0.2) is 15.8 Å². The smallest absolute Gasteiger partial charge is 0.330 e. The van der Waals surface area contributed by atoms with Crippen LogP contribution in [0.4, 0.5) is 4.39 Å². The van der Waals surface area contributed by atoms with E-state index in [2.05, 4.69) is 34.8 Å². The van der Waals surface area contributed by atoms with Gasteiger partial charge in [0, 0.05) is 44.0 Å². The van der Waals surface area contributed by atoms with E-state index in [1.54, 1.807) is 0 Å². The van der Waals surface area contributed by atoms with Crippen molar-refractivity contribution in [1.82, 2.24) is 25.5 Å². The van der Waals surface area contributed by atoms with E-state index in [1.165, 1.54) is 103 Å². The first kappa shape index (κ1) is 58.0. The van der Waals surface area contributed by atoms with Gasteiger partial charge in [-0.05, 0) is 39.0 Å². The van der Waals surface area contributed by atoms with Crippen LogP contribution < -0.4 is 27.2 Å². The zero-order valence-corrected chi connectivity index (χ0v) is 40.7. The number of alkyl halides is 1. The number of H-pyrrole nitrogens is 1. The molecule has 0 aromatic carbocycles. The fraction of sp³-hybridized carbons (Fsp3) is 0.820. The molecule has 5 N–H and O–H groups in total.